The third-order valence-electron chi connectivity index (χ3n) is 3.58. The summed E-state index contributed by atoms with van der Waals surface area (Å²) in [6.45, 7) is 4.92. The first-order valence-corrected chi connectivity index (χ1v) is 7.16. The van der Waals surface area contributed by atoms with Crippen molar-refractivity contribution in [3.63, 3.8) is 0 Å². The van der Waals surface area contributed by atoms with Gasteiger partial charge in [-0.1, -0.05) is 26.0 Å². The average Bonchev–Trinajstić information content (AvgIpc) is 2.41. The zero-order valence-electron chi connectivity index (χ0n) is 12.6. The van der Waals surface area contributed by atoms with Crippen molar-refractivity contribution in [1.29, 1.82) is 0 Å². The van der Waals surface area contributed by atoms with Crippen LogP contribution in [0.15, 0.2) is 24.3 Å². The van der Waals surface area contributed by atoms with Crippen molar-refractivity contribution in [3.8, 4) is 5.75 Å². The van der Waals surface area contributed by atoms with Gasteiger partial charge in [-0.2, -0.15) is 0 Å². The summed E-state index contributed by atoms with van der Waals surface area (Å²) < 4.78 is 5.60. The largest absolute Gasteiger partial charge is 0.492 e. The molecule has 1 aliphatic heterocycles. The number of hydrogen-bond acceptors (Lipinski definition) is 4. The first-order chi connectivity index (χ1) is 9.91. The van der Waals surface area contributed by atoms with Gasteiger partial charge in [-0.25, -0.2) is 0 Å². The number of nitrogens with zero attached hydrogens (tertiary/aromatic N) is 1. The van der Waals surface area contributed by atoms with E-state index < -0.39 is 0 Å². The number of benzene rings is 1. The summed E-state index contributed by atoms with van der Waals surface area (Å²) in [4.78, 5) is 25.3. The topological polar surface area (TPSA) is 72.6 Å². The molecule has 0 radical (unpaired) electrons. The molecule has 0 aromatic heterocycles. The number of carbonyl (C=O) groups is 2. The Morgan fingerprint density at radius 2 is 1.90 bits per heavy atom. The Labute approximate surface area is 125 Å². The third-order valence-corrected chi connectivity index (χ3v) is 3.58. The fraction of sp³-hybridized carbons (Fsp3) is 0.500. The Kier molecular flexibility index (Phi) is 4.63. The lowest BCUT2D eigenvalue weighted by atomic mass is 9.82. The number of hydrogen-bond donors (Lipinski definition) is 1. The summed E-state index contributed by atoms with van der Waals surface area (Å²) in [7, 11) is 0. The Morgan fingerprint density at radius 3 is 2.52 bits per heavy atom. The second-order valence-corrected chi connectivity index (χ2v) is 6.16. The predicted molar refractivity (Wildman–Crippen MR) is 79.6 cm³/mol. The molecule has 0 unspecified atom stereocenters. The third kappa shape index (κ3) is 4.04. The van der Waals surface area contributed by atoms with E-state index >= 15 is 0 Å². The fourth-order valence-corrected chi connectivity index (χ4v) is 2.48. The Bertz CT molecular complexity index is 520. The lowest BCUT2D eigenvalue weighted by molar-refractivity contribution is -0.152. The summed E-state index contributed by atoms with van der Waals surface area (Å²) >= 11 is 0. The highest BCUT2D eigenvalue weighted by molar-refractivity contribution is 5.98. The number of amides is 2. The van der Waals surface area contributed by atoms with Crippen molar-refractivity contribution >= 4 is 11.8 Å². The molecule has 0 saturated carbocycles. The molecule has 21 heavy (non-hydrogen) atoms. The molecule has 5 nitrogen and oxygen atoms in total. The molecule has 0 bridgehead atoms. The molecular weight excluding hydrogens is 268 g/mol. The van der Waals surface area contributed by atoms with Gasteiger partial charge in [-0.3, -0.25) is 14.5 Å². The van der Waals surface area contributed by atoms with Crippen molar-refractivity contribution in [2.24, 2.45) is 11.1 Å². The molecule has 0 spiro atoms. The van der Waals surface area contributed by atoms with Gasteiger partial charge in [-0.15, -0.1) is 0 Å². The van der Waals surface area contributed by atoms with E-state index in [1.807, 2.05) is 38.1 Å². The number of carbonyl (C=O) groups excluding carboxylic acids is 2. The van der Waals surface area contributed by atoms with E-state index in [2.05, 4.69) is 0 Å². The standard InChI is InChI=1S/C16H22N2O3/c1-16(2)9-14(19)18(15(20)10-16)6-7-21-13-5-3-4-12(8-13)11-17/h3-5,8H,6-7,9-11,17H2,1-2H3. The number of piperidine rings is 1. The van der Waals surface area contributed by atoms with Crippen molar-refractivity contribution in [1.82, 2.24) is 4.90 Å². The molecule has 114 valence electrons. The Morgan fingerprint density at radius 1 is 1.24 bits per heavy atom. The lowest BCUT2D eigenvalue weighted by Crippen LogP contribution is -2.47. The molecule has 1 heterocycles. The normalized spacial score (nSPS) is 18.0. The number of nitrogens with two attached hydrogens (primary N) is 1. The van der Waals surface area contributed by atoms with Crippen LogP contribution in [0.3, 0.4) is 0 Å². The average molecular weight is 290 g/mol. The first-order valence-electron chi connectivity index (χ1n) is 7.16. The number of imide groups is 1. The second-order valence-electron chi connectivity index (χ2n) is 6.16. The van der Waals surface area contributed by atoms with Gasteiger partial charge < -0.3 is 10.5 Å². The molecule has 2 rings (SSSR count). The van der Waals surface area contributed by atoms with Crippen LogP contribution in [0.25, 0.3) is 0 Å². The van der Waals surface area contributed by atoms with Crippen LogP contribution in [0.4, 0.5) is 0 Å². The van der Waals surface area contributed by atoms with Crippen LogP contribution in [0.2, 0.25) is 0 Å². The molecule has 2 amide bonds. The van der Waals surface area contributed by atoms with E-state index in [4.69, 9.17) is 10.5 Å². The number of ether oxygens (including phenoxy) is 1. The maximum absolute atomic E-state index is 12.0. The monoisotopic (exact) mass is 290 g/mol. The maximum Gasteiger partial charge on any atom is 0.229 e. The highest BCUT2D eigenvalue weighted by atomic mass is 16.5. The number of rotatable bonds is 5. The van der Waals surface area contributed by atoms with E-state index in [0.717, 1.165) is 5.56 Å². The summed E-state index contributed by atoms with van der Waals surface area (Å²) in [5.74, 6) is 0.473. The van der Waals surface area contributed by atoms with Crippen LogP contribution >= 0.6 is 0 Å². The molecule has 5 heteroatoms. The fourth-order valence-electron chi connectivity index (χ4n) is 2.48. The van der Waals surface area contributed by atoms with Crippen LogP contribution in [0.5, 0.6) is 5.75 Å². The number of likely N-dealkylation sites (tertiary alicyclic amines) is 1. The van der Waals surface area contributed by atoms with Crippen molar-refractivity contribution in [3.05, 3.63) is 29.8 Å². The minimum atomic E-state index is -0.235. The molecular formula is C16H22N2O3. The van der Waals surface area contributed by atoms with E-state index in [1.165, 1.54) is 4.90 Å². The molecule has 1 saturated heterocycles. The van der Waals surface area contributed by atoms with Gasteiger partial charge in [-0.05, 0) is 23.1 Å². The summed E-state index contributed by atoms with van der Waals surface area (Å²) in [6.07, 6.45) is 0.808. The summed E-state index contributed by atoms with van der Waals surface area (Å²) in [5.41, 5.74) is 6.32. The minimum absolute atomic E-state index is 0.115. The molecule has 2 N–H and O–H groups in total. The van der Waals surface area contributed by atoms with E-state index in [1.54, 1.807) is 0 Å². The first kappa shape index (κ1) is 15.5. The molecule has 1 aliphatic rings. The van der Waals surface area contributed by atoms with Gasteiger partial charge in [0.1, 0.15) is 12.4 Å². The second kappa shape index (κ2) is 6.26. The Balaban J connectivity index is 1.88. The van der Waals surface area contributed by atoms with Crippen LogP contribution < -0.4 is 10.5 Å². The van der Waals surface area contributed by atoms with Gasteiger partial charge in [0.2, 0.25) is 11.8 Å². The molecule has 1 aromatic carbocycles. The van der Waals surface area contributed by atoms with E-state index in [0.29, 0.717) is 38.3 Å². The van der Waals surface area contributed by atoms with Crippen LogP contribution in [-0.4, -0.2) is 29.9 Å². The highest BCUT2D eigenvalue weighted by Crippen LogP contribution is 2.31. The van der Waals surface area contributed by atoms with Crippen molar-refractivity contribution in [2.75, 3.05) is 13.2 Å². The predicted octanol–water partition coefficient (Wildman–Crippen LogP) is 1.70. The Hall–Kier alpha value is -1.88. The molecule has 1 fully saturated rings. The molecule has 0 atom stereocenters. The zero-order valence-corrected chi connectivity index (χ0v) is 12.6. The van der Waals surface area contributed by atoms with E-state index in [-0.39, 0.29) is 17.2 Å². The van der Waals surface area contributed by atoms with Crippen molar-refractivity contribution < 1.29 is 14.3 Å². The highest BCUT2D eigenvalue weighted by Gasteiger charge is 2.37. The molecule has 0 aliphatic carbocycles. The van der Waals surface area contributed by atoms with Crippen LogP contribution in [0.1, 0.15) is 32.3 Å². The lowest BCUT2D eigenvalue weighted by Gasteiger charge is -2.34. The maximum atomic E-state index is 12.0. The van der Waals surface area contributed by atoms with Crippen LogP contribution in [-0.2, 0) is 16.1 Å². The van der Waals surface area contributed by atoms with Crippen molar-refractivity contribution in [2.45, 2.75) is 33.2 Å². The molecule has 1 aromatic rings. The van der Waals surface area contributed by atoms with Gasteiger partial charge in [0.05, 0.1) is 6.54 Å². The van der Waals surface area contributed by atoms with Gasteiger partial charge in [0, 0.05) is 19.4 Å². The van der Waals surface area contributed by atoms with Gasteiger partial charge in [0.15, 0.2) is 0 Å². The van der Waals surface area contributed by atoms with Gasteiger partial charge in [0.25, 0.3) is 0 Å². The zero-order chi connectivity index (χ0) is 15.5. The minimum Gasteiger partial charge on any atom is -0.492 e. The SMILES string of the molecule is CC1(C)CC(=O)N(CCOc2cccc(CN)c2)C(=O)C1. The van der Waals surface area contributed by atoms with E-state index in [9.17, 15) is 9.59 Å². The van der Waals surface area contributed by atoms with Crippen LogP contribution in [0, 0.1) is 5.41 Å². The quantitative estimate of drug-likeness (QED) is 0.838. The summed E-state index contributed by atoms with van der Waals surface area (Å²) in [6, 6.07) is 7.49. The summed E-state index contributed by atoms with van der Waals surface area (Å²) in [5, 5.41) is 0. The smallest absolute Gasteiger partial charge is 0.229 e. The van der Waals surface area contributed by atoms with Gasteiger partial charge >= 0.3 is 0 Å².